The molecule has 0 saturated heterocycles. The van der Waals surface area contributed by atoms with Crippen molar-refractivity contribution in [1.82, 2.24) is 0 Å². The van der Waals surface area contributed by atoms with Gasteiger partial charge in [0.1, 0.15) is 12.3 Å². The van der Waals surface area contributed by atoms with Crippen LogP contribution in [0.2, 0.25) is 5.02 Å². The first-order valence-electron chi connectivity index (χ1n) is 9.19. The largest absolute Gasteiger partial charge is 0.495 e. The number of carbonyl (C=O) groups excluding carboxylic acids is 1. The van der Waals surface area contributed by atoms with E-state index >= 15 is 0 Å². The minimum absolute atomic E-state index is 0.0524. The number of rotatable bonds is 7. The molecular formula is C22H20BrClN2O4S. The van der Waals surface area contributed by atoms with Crippen molar-refractivity contribution < 1.29 is 17.9 Å². The summed E-state index contributed by atoms with van der Waals surface area (Å²) in [5.74, 6) is -0.239. The van der Waals surface area contributed by atoms with Gasteiger partial charge in [-0.1, -0.05) is 45.2 Å². The fourth-order valence-corrected chi connectivity index (χ4v) is 4.71. The van der Waals surface area contributed by atoms with Crippen LogP contribution >= 0.6 is 27.5 Å². The highest BCUT2D eigenvalue weighted by molar-refractivity contribution is 9.10. The molecule has 6 nitrogen and oxygen atoms in total. The number of carbonyl (C=O) groups is 1. The van der Waals surface area contributed by atoms with Gasteiger partial charge in [-0.25, -0.2) is 8.42 Å². The van der Waals surface area contributed by atoms with Crippen molar-refractivity contribution in [1.29, 1.82) is 0 Å². The maximum atomic E-state index is 13.5. The molecule has 0 bridgehead atoms. The second-order valence-electron chi connectivity index (χ2n) is 6.70. The van der Waals surface area contributed by atoms with Gasteiger partial charge in [0.05, 0.1) is 17.7 Å². The number of benzene rings is 3. The molecule has 3 aromatic carbocycles. The Morgan fingerprint density at radius 3 is 2.32 bits per heavy atom. The summed E-state index contributed by atoms with van der Waals surface area (Å²) < 4.78 is 34.2. The first-order chi connectivity index (χ1) is 14.7. The van der Waals surface area contributed by atoms with Crippen molar-refractivity contribution in [3.63, 3.8) is 0 Å². The fraction of sp³-hybridized carbons (Fsp3) is 0.136. The van der Waals surface area contributed by atoms with Gasteiger partial charge in [-0.05, 0) is 61.5 Å². The van der Waals surface area contributed by atoms with E-state index in [2.05, 4.69) is 21.2 Å². The Kier molecular flexibility index (Phi) is 7.25. The summed E-state index contributed by atoms with van der Waals surface area (Å²) in [4.78, 5) is 12.8. The molecule has 3 aromatic rings. The van der Waals surface area contributed by atoms with Crippen LogP contribution in [0.5, 0.6) is 5.75 Å². The van der Waals surface area contributed by atoms with Gasteiger partial charge in [0, 0.05) is 15.2 Å². The molecule has 0 unspecified atom stereocenters. The average molecular weight is 524 g/mol. The van der Waals surface area contributed by atoms with Crippen molar-refractivity contribution in [2.45, 2.75) is 11.8 Å². The first-order valence-corrected chi connectivity index (χ1v) is 11.8. The number of methoxy groups -OCH3 is 1. The van der Waals surface area contributed by atoms with Gasteiger partial charge in [0.15, 0.2) is 0 Å². The Hall–Kier alpha value is -2.55. The number of hydrogen-bond acceptors (Lipinski definition) is 4. The molecule has 0 aliphatic carbocycles. The molecule has 0 spiro atoms. The highest BCUT2D eigenvalue weighted by Crippen LogP contribution is 2.35. The van der Waals surface area contributed by atoms with Crippen molar-refractivity contribution >= 4 is 54.8 Å². The van der Waals surface area contributed by atoms with Gasteiger partial charge in [0.25, 0.3) is 10.0 Å². The maximum Gasteiger partial charge on any atom is 0.264 e. The zero-order valence-electron chi connectivity index (χ0n) is 16.8. The van der Waals surface area contributed by atoms with Crippen LogP contribution in [0, 0.1) is 6.92 Å². The second-order valence-corrected chi connectivity index (χ2v) is 9.91. The topological polar surface area (TPSA) is 75.7 Å². The van der Waals surface area contributed by atoms with Crippen molar-refractivity contribution in [2.75, 3.05) is 23.3 Å². The molecule has 3 rings (SSSR count). The molecule has 1 amide bonds. The Bertz CT molecular complexity index is 1180. The van der Waals surface area contributed by atoms with Crippen LogP contribution in [0.15, 0.2) is 76.1 Å². The quantitative estimate of drug-likeness (QED) is 0.459. The van der Waals surface area contributed by atoms with Gasteiger partial charge in [-0.3, -0.25) is 9.10 Å². The van der Waals surface area contributed by atoms with Crippen LogP contribution in [0.25, 0.3) is 0 Å². The minimum atomic E-state index is -4.09. The van der Waals surface area contributed by atoms with Crippen molar-refractivity contribution in [3.05, 3.63) is 81.8 Å². The number of aryl methyl sites for hydroxylation is 1. The van der Waals surface area contributed by atoms with Gasteiger partial charge in [-0.15, -0.1) is 0 Å². The lowest BCUT2D eigenvalue weighted by Crippen LogP contribution is -2.38. The van der Waals surface area contributed by atoms with Crippen LogP contribution in [0.4, 0.5) is 11.4 Å². The summed E-state index contributed by atoms with van der Waals surface area (Å²) in [5, 5.41) is 3.03. The molecule has 31 heavy (non-hydrogen) atoms. The molecular weight excluding hydrogens is 504 g/mol. The summed E-state index contributed by atoms with van der Waals surface area (Å²) in [5.41, 5.74) is 1.62. The summed E-state index contributed by atoms with van der Waals surface area (Å²) in [6.07, 6.45) is 0. The van der Waals surface area contributed by atoms with E-state index in [1.54, 1.807) is 48.5 Å². The molecule has 1 N–H and O–H groups in total. The Balaban J connectivity index is 2.02. The van der Waals surface area contributed by atoms with E-state index in [1.165, 1.54) is 25.3 Å². The van der Waals surface area contributed by atoms with Crippen LogP contribution < -0.4 is 14.4 Å². The third-order valence-electron chi connectivity index (χ3n) is 4.43. The number of halogens is 2. The lowest BCUT2D eigenvalue weighted by molar-refractivity contribution is -0.114. The van der Waals surface area contributed by atoms with Gasteiger partial charge >= 0.3 is 0 Å². The highest BCUT2D eigenvalue weighted by atomic mass is 79.9. The molecule has 162 valence electrons. The Morgan fingerprint density at radius 2 is 1.71 bits per heavy atom. The summed E-state index contributed by atoms with van der Waals surface area (Å²) in [7, 11) is -2.67. The lowest BCUT2D eigenvalue weighted by Gasteiger charge is -2.26. The number of hydrogen-bond donors (Lipinski definition) is 1. The van der Waals surface area contributed by atoms with Crippen molar-refractivity contribution in [2.24, 2.45) is 0 Å². The molecule has 0 atom stereocenters. The van der Waals surface area contributed by atoms with E-state index in [4.69, 9.17) is 16.3 Å². The predicted molar refractivity (Wildman–Crippen MR) is 126 cm³/mol. The van der Waals surface area contributed by atoms with Crippen LogP contribution in [-0.2, 0) is 14.8 Å². The zero-order chi connectivity index (χ0) is 22.6. The molecule has 0 aliphatic rings. The van der Waals surface area contributed by atoms with E-state index in [1.807, 2.05) is 6.92 Å². The predicted octanol–water partition coefficient (Wildman–Crippen LogP) is 5.25. The van der Waals surface area contributed by atoms with Gasteiger partial charge in [-0.2, -0.15) is 0 Å². The van der Waals surface area contributed by atoms with E-state index in [0.29, 0.717) is 10.7 Å². The number of nitrogens with one attached hydrogen (secondary N) is 1. The van der Waals surface area contributed by atoms with Crippen LogP contribution in [-0.4, -0.2) is 28.0 Å². The standard InChI is InChI=1S/C22H20BrClN2O4S/c1-15-3-10-19(11-4-15)31(28,29)26(20-13-17(24)7-12-21(20)30-2)14-22(27)25-18-8-5-16(23)6-9-18/h3-13H,14H2,1-2H3,(H,25,27). The molecule has 0 radical (unpaired) electrons. The van der Waals surface area contributed by atoms with Gasteiger partial charge in [0.2, 0.25) is 5.91 Å². The zero-order valence-corrected chi connectivity index (χ0v) is 20.0. The Labute approximate surface area is 195 Å². The maximum absolute atomic E-state index is 13.5. The third kappa shape index (κ3) is 5.58. The smallest absolute Gasteiger partial charge is 0.264 e. The molecule has 0 fully saturated rings. The van der Waals surface area contributed by atoms with E-state index in [-0.39, 0.29) is 16.3 Å². The summed E-state index contributed by atoms with van der Waals surface area (Å²) in [6, 6.07) is 18.0. The monoisotopic (exact) mass is 522 g/mol. The van der Waals surface area contributed by atoms with Crippen LogP contribution in [0.1, 0.15) is 5.56 Å². The number of sulfonamides is 1. The van der Waals surface area contributed by atoms with E-state index < -0.39 is 22.5 Å². The summed E-state index contributed by atoms with van der Waals surface area (Å²) in [6.45, 7) is 1.39. The first kappa shape index (κ1) is 23.1. The molecule has 0 saturated carbocycles. The molecule has 9 heteroatoms. The molecule has 0 aliphatic heterocycles. The second kappa shape index (κ2) is 9.72. The lowest BCUT2D eigenvalue weighted by atomic mass is 10.2. The van der Waals surface area contributed by atoms with E-state index in [0.717, 1.165) is 14.3 Å². The van der Waals surface area contributed by atoms with Crippen LogP contribution in [0.3, 0.4) is 0 Å². The van der Waals surface area contributed by atoms with Gasteiger partial charge < -0.3 is 10.1 Å². The van der Waals surface area contributed by atoms with E-state index in [9.17, 15) is 13.2 Å². The average Bonchev–Trinajstić information content (AvgIpc) is 2.74. The molecule has 0 heterocycles. The number of nitrogens with zero attached hydrogens (tertiary/aromatic N) is 1. The summed E-state index contributed by atoms with van der Waals surface area (Å²) >= 11 is 9.47. The number of anilines is 2. The third-order valence-corrected chi connectivity index (χ3v) is 6.97. The van der Waals surface area contributed by atoms with Crippen molar-refractivity contribution in [3.8, 4) is 5.75 Å². The SMILES string of the molecule is COc1ccc(Cl)cc1N(CC(=O)Nc1ccc(Br)cc1)S(=O)(=O)c1ccc(C)cc1. The fourth-order valence-electron chi connectivity index (χ4n) is 2.86. The Morgan fingerprint density at radius 1 is 1.06 bits per heavy atom. The normalized spacial score (nSPS) is 11.1. The minimum Gasteiger partial charge on any atom is -0.495 e. The number of ether oxygens (including phenoxy) is 1. The number of amides is 1. The highest BCUT2D eigenvalue weighted by Gasteiger charge is 2.29. The molecule has 0 aromatic heterocycles.